The normalized spacial score (nSPS) is 11.2. The van der Waals surface area contributed by atoms with Crippen molar-refractivity contribution in [2.24, 2.45) is 0 Å². The van der Waals surface area contributed by atoms with Crippen molar-refractivity contribution in [2.45, 2.75) is 52.9 Å². The van der Waals surface area contributed by atoms with Gasteiger partial charge in [0.25, 0.3) is 11.6 Å². The molecule has 0 spiro atoms. The Morgan fingerprint density at radius 1 is 0.971 bits per heavy atom. The molecular formula is C23H29N3O7S. The summed E-state index contributed by atoms with van der Waals surface area (Å²) in [6.45, 7) is 9.97. The Labute approximate surface area is 198 Å². The van der Waals surface area contributed by atoms with Gasteiger partial charge in [-0.1, -0.05) is 6.07 Å². The molecule has 0 saturated carbocycles. The molecule has 0 saturated heterocycles. The number of esters is 1. The van der Waals surface area contributed by atoms with Crippen molar-refractivity contribution in [3.8, 4) is 0 Å². The fourth-order valence-electron chi connectivity index (χ4n) is 3.53. The molecule has 0 heterocycles. The van der Waals surface area contributed by atoms with Gasteiger partial charge in [0.05, 0.1) is 16.2 Å². The summed E-state index contributed by atoms with van der Waals surface area (Å²) in [5, 5.41) is 13.5. The summed E-state index contributed by atoms with van der Waals surface area (Å²) in [5.74, 6) is -1.54. The van der Waals surface area contributed by atoms with Crippen molar-refractivity contribution in [3.63, 3.8) is 0 Å². The van der Waals surface area contributed by atoms with Crippen molar-refractivity contribution >= 4 is 33.3 Å². The van der Waals surface area contributed by atoms with E-state index < -0.39 is 33.4 Å². The van der Waals surface area contributed by atoms with E-state index in [2.05, 4.69) is 10.0 Å². The summed E-state index contributed by atoms with van der Waals surface area (Å²) in [7, 11) is -3.87. The van der Waals surface area contributed by atoms with Crippen LogP contribution in [0.25, 0.3) is 0 Å². The van der Waals surface area contributed by atoms with E-state index in [9.17, 15) is 28.1 Å². The Morgan fingerprint density at radius 3 is 2.09 bits per heavy atom. The highest BCUT2D eigenvalue weighted by Gasteiger charge is 2.24. The number of benzene rings is 2. The van der Waals surface area contributed by atoms with Crippen molar-refractivity contribution in [1.29, 1.82) is 0 Å². The molecule has 2 aromatic rings. The fraction of sp³-hybridized carbons (Fsp3) is 0.391. The third-order valence-electron chi connectivity index (χ3n) is 5.81. The monoisotopic (exact) mass is 491 g/mol. The molecule has 2 N–H and O–H groups in total. The third-order valence-corrected chi connectivity index (χ3v) is 7.54. The van der Waals surface area contributed by atoms with E-state index in [1.165, 1.54) is 12.1 Å². The van der Waals surface area contributed by atoms with E-state index in [0.717, 1.165) is 16.7 Å². The number of hydrogen-bond acceptors (Lipinski definition) is 7. The van der Waals surface area contributed by atoms with Crippen molar-refractivity contribution < 1.29 is 27.7 Å². The lowest BCUT2D eigenvalue weighted by Gasteiger charge is -2.19. The summed E-state index contributed by atoms with van der Waals surface area (Å²) >= 11 is 0. The number of nitrogens with zero attached hydrogens (tertiary/aromatic N) is 1. The molecule has 34 heavy (non-hydrogen) atoms. The second-order valence-electron chi connectivity index (χ2n) is 8.09. The van der Waals surface area contributed by atoms with E-state index in [1.54, 1.807) is 26.8 Å². The molecule has 0 atom stereocenters. The number of nitro groups is 1. The number of nitro benzene ring substituents is 1. The maximum Gasteiger partial charge on any atom is 0.307 e. The largest absolute Gasteiger partial charge is 0.456 e. The Hall–Kier alpha value is -3.31. The quantitative estimate of drug-likeness (QED) is 0.311. The zero-order valence-corrected chi connectivity index (χ0v) is 20.9. The predicted molar refractivity (Wildman–Crippen MR) is 127 cm³/mol. The van der Waals surface area contributed by atoms with Crippen LogP contribution in [-0.2, 0) is 24.3 Å². The first-order valence-corrected chi connectivity index (χ1v) is 12.0. The first kappa shape index (κ1) is 26.9. The molecule has 0 aliphatic rings. The number of amides is 1. The number of sulfonamides is 1. The van der Waals surface area contributed by atoms with E-state index in [1.807, 2.05) is 20.8 Å². The van der Waals surface area contributed by atoms with Crippen molar-refractivity contribution in [1.82, 2.24) is 4.72 Å². The average molecular weight is 492 g/mol. The molecule has 1 amide bonds. The van der Waals surface area contributed by atoms with Gasteiger partial charge in [-0.25, -0.2) is 13.1 Å². The van der Waals surface area contributed by atoms with Crippen LogP contribution in [0, 0.1) is 51.7 Å². The topological polar surface area (TPSA) is 145 Å². The average Bonchev–Trinajstić information content (AvgIpc) is 2.75. The highest BCUT2D eigenvalue weighted by Crippen LogP contribution is 2.29. The van der Waals surface area contributed by atoms with E-state index in [4.69, 9.17) is 4.74 Å². The molecule has 2 rings (SSSR count). The number of anilines is 1. The van der Waals surface area contributed by atoms with Gasteiger partial charge >= 0.3 is 5.97 Å². The van der Waals surface area contributed by atoms with Gasteiger partial charge in [-0.3, -0.25) is 19.7 Å². The summed E-state index contributed by atoms with van der Waals surface area (Å²) in [4.78, 5) is 34.7. The number of carbonyl (C=O) groups excluding carboxylic acids is 2. The van der Waals surface area contributed by atoms with Gasteiger partial charge in [-0.05, 0) is 81.0 Å². The second-order valence-corrected chi connectivity index (χ2v) is 9.79. The minimum absolute atomic E-state index is 0.0150. The minimum atomic E-state index is -3.87. The van der Waals surface area contributed by atoms with E-state index in [-0.39, 0.29) is 29.2 Å². The van der Waals surface area contributed by atoms with Gasteiger partial charge in [0.1, 0.15) is 5.69 Å². The summed E-state index contributed by atoms with van der Waals surface area (Å²) in [5.41, 5.74) is 4.48. The smallest absolute Gasteiger partial charge is 0.307 e. The number of nitrogens with one attached hydrogen (secondary N) is 2. The molecule has 0 aliphatic heterocycles. The molecule has 0 bridgehead atoms. The summed E-state index contributed by atoms with van der Waals surface area (Å²) in [6, 6.07) is 4.30. The Morgan fingerprint density at radius 2 is 1.53 bits per heavy atom. The molecule has 10 nitrogen and oxygen atoms in total. The van der Waals surface area contributed by atoms with Gasteiger partial charge in [0.15, 0.2) is 6.61 Å². The minimum Gasteiger partial charge on any atom is -0.456 e. The number of carbonyl (C=O) groups is 2. The molecule has 0 aromatic heterocycles. The first-order valence-electron chi connectivity index (χ1n) is 10.5. The van der Waals surface area contributed by atoms with Crippen LogP contribution in [0.4, 0.5) is 11.4 Å². The Kier molecular flexibility index (Phi) is 8.51. The molecule has 0 aliphatic carbocycles. The lowest BCUT2D eigenvalue weighted by atomic mass is 9.95. The van der Waals surface area contributed by atoms with Crippen LogP contribution in [-0.4, -0.2) is 38.4 Å². The molecular weight excluding hydrogens is 462 g/mol. The molecule has 184 valence electrons. The molecule has 2 aromatic carbocycles. The van der Waals surface area contributed by atoms with Crippen molar-refractivity contribution in [3.05, 3.63) is 61.7 Å². The zero-order chi connectivity index (χ0) is 25.8. The van der Waals surface area contributed by atoms with Crippen LogP contribution >= 0.6 is 0 Å². The van der Waals surface area contributed by atoms with Gasteiger partial charge in [-0.15, -0.1) is 0 Å². The highest BCUT2D eigenvalue weighted by atomic mass is 32.2. The van der Waals surface area contributed by atoms with Gasteiger partial charge in [0, 0.05) is 12.6 Å². The first-order chi connectivity index (χ1) is 15.8. The highest BCUT2D eigenvalue weighted by molar-refractivity contribution is 7.89. The standard InChI is InChI=1S/C23H29N3O7S/c1-13-7-8-19(20(11-13)26(29)30)25-21(27)12-33-22(28)9-10-24-34(31,32)23-17(5)15(3)14(2)16(4)18(23)6/h7-8,11,24H,9-10,12H2,1-6H3,(H,25,27). The van der Waals surface area contributed by atoms with Crippen LogP contribution in [0.5, 0.6) is 0 Å². The Bertz CT molecular complexity index is 1220. The van der Waals surface area contributed by atoms with Gasteiger partial charge < -0.3 is 10.1 Å². The summed E-state index contributed by atoms with van der Waals surface area (Å²) < 4.78 is 33.0. The number of hydrogen-bond donors (Lipinski definition) is 2. The fourth-order valence-corrected chi connectivity index (χ4v) is 5.16. The van der Waals surface area contributed by atoms with Crippen LogP contribution in [0.15, 0.2) is 23.1 Å². The SMILES string of the molecule is Cc1ccc(NC(=O)COC(=O)CCNS(=O)(=O)c2c(C)c(C)c(C)c(C)c2C)c([N+](=O)[O-])c1. The molecule has 11 heteroatoms. The Balaban J connectivity index is 1.93. The zero-order valence-electron chi connectivity index (χ0n) is 20.1. The maximum absolute atomic E-state index is 12.9. The maximum atomic E-state index is 12.9. The van der Waals surface area contributed by atoms with E-state index in [0.29, 0.717) is 16.7 Å². The van der Waals surface area contributed by atoms with Crippen molar-refractivity contribution in [2.75, 3.05) is 18.5 Å². The van der Waals surface area contributed by atoms with Crippen LogP contribution in [0.2, 0.25) is 0 Å². The van der Waals surface area contributed by atoms with E-state index >= 15 is 0 Å². The third kappa shape index (κ3) is 6.17. The van der Waals surface area contributed by atoms with Crippen LogP contribution in [0.1, 0.15) is 39.8 Å². The lowest BCUT2D eigenvalue weighted by Crippen LogP contribution is -2.29. The second kappa shape index (κ2) is 10.7. The number of aryl methyl sites for hydroxylation is 1. The lowest BCUT2D eigenvalue weighted by molar-refractivity contribution is -0.384. The molecule has 0 fully saturated rings. The van der Waals surface area contributed by atoms with Gasteiger partial charge in [-0.2, -0.15) is 0 Å². The number of ether oxygens (including phenoxy) is 1. The summed E-state index contributed by atoms with van der Waals surface area (Å²) in [6.07, 6.45) is -0.293. The number of rotatable bonds is 9. The van der Waals surface area contributed by atoms with Crippen LogP contribution < -0.4 is 10.0 Å². The van der Waals surface area contributed by atoms with Gasteiger partial charge in [0.2, 0.25) is 10.0 Å². The molecule has 0 unspecified atom stereocenters. The molecule has 0 radical (unpaired) electrons. The van der Waals surface area contributed by atoms with Crippen LogP contribution in [0.3, 0.4) is 0 Å². The predicted octanol–water partition coefficient (Wildman–Crippen LogP) is 3.30.